The van der Waals surface area contributed by atoms with E-state index in [4.69, 9.17) is 0 Å². The molecule has 5 nitrogen and oxygen atoms in total. The molecular weight excluding hydrogens is 217 g/mol. The van der Waals surface area contributed by atoms with E-state index in [1.165, 1.54) is 14.0 Å². The smallest absolute Gasteiger partial charge is 0.310 e. The molecule has 1 aromatic rings. The molecule has 0 saturated carbocycles. The van der Waals surface area contributed by atoms with E-state index in [2.05, 4.69) is 4.74 Å². The minimum absolute atomic E-state index is 0.0291. The lowest BCUT2D eigenvalue weighted by atomic mass is 10.1. The molecule has 0 amide bonds. The maximum absolute atomic E-state index is 13.5. The van der Waals surface area contributed by atoms with Gasteiger partial charge in [-0.25, -0.2) is 4.39 Å². The van der Waals surface area contributed by atoms with Gasteiger partial charge >= 0.3 is 5.97 Å². The lowest BCUT2D eigenvalue weighted by molar-refractivity contribution is -0.385. The lowest BCUT2D eigenvalue weighted by Gasteiger charge is -2.04. The van der Waals surface area contributed by atoms with E-state index < -0.39 is 16.7 Å². The Hall–Kier alpha value is -1.98. The van der Waals surface area contributed by atoms with Crippen LogP contribution in [0.25, 0.3) is 0 Å². The first-order valence-electron chi connectivity index (χ1n) is 4.46. The van der Waals surface area contributed by atoms with Gasteiger partial charge in [0, 0.05) is 17.7 Å². The molecule has 0 aliphatic rings. The molecule has 0 aliphatic heterocycles. The number of hydrogen-bond donors (Lipinski definition) is 0. The summed E-state index contributed by atoms with van der Waals surface area (Å²) >= 11 is 0. The van der Waals surface area contributed by atoms with Gasteiger partial charge in [0.15, 0.2) is 0 Å². The number of rotatable bonds is 3. The van der Waals surface area contributed by atoms with Gasteiger partial charge in [0.2, 0.25) is 0 Å². The van der Waals surface area contributed by atoms with Crippen molar-refractivity contribution in [3.63, 3.8) is 0 Å². The number of aryl methyl sites for hydroxylation is 1. The lowest BCUT2D eigenvalue weighted by Crippen LogP contribution is -2.07. The van der Waals surface area contributed by atoms with Crippen LogP contribution >= 0.6 is 0 Å². The number of non-ortho nitro benzene ring substituents is 1. The topological polar surface area (TPSA) is 69.4 Å². The summed E-state index contributed by atoms with van der Waals surface area (Å²) in [4.78, 5) is 20.9. The number of halogens is 1. The van der Waals surface area contributed by atoms with Crippen LogP contribution in [0.5, 0.6) is 0 Å². The highest BCUT2D eigenvalue weighted by Crippen LogP contribution is 2.21. The summed E-state index contributed by atoms with van der Waals surface area (Å²) in [5, 5.41) is 10.5. The third-order valence-corrected chi connectivity index (χ3v) is 2.09. The van der Waals surface area contributed by atoms with Gasteiger partial charge in [-0.2, -0.15) is 0 Å². The number of nitro benzene ring substituents is 1. The summed E-state index contributed by atoms with van der Waals surface area (Å²) in [5.74, 6) is -1.25. The molecule has 86 valence electrons. The Morgan fingerprint density at radius 2 is 2.19 bits per heavy atom. The number of carbonyl (C=O) groups excluding carboxylic acids is 1. The molecule has 1 aromatic carbocycles. The van der Waals surface area contributed by atoms with Crippen LogP contribution in [0.4, 0.5) is 10.1 Å². The summed E-state index contributed by atoms with van der Waals surface area (Å²) in [7, 11) is 1.17. The summed E-state index contributed by atoms with van der Waals surface area (Å²) in [5.41, 5.74) is -0.135. The SMILES string of the molecule is COC(=O)Cc1cc([N+](=O)[O-])cc(C)c1F. The molecule has 0 bridgehead atoms. The van der Waals surface area contributed by atoms with E-state index in [1.54, 1.807) is 0 Å². The van der Waals surface area contributed by atoms with Crippen LogP contribution in [0.1, 0.15) is 11.1 Å². The zero-order chi connectivity index (χ0) is 12.3. The summed E-state index contributed by atoms with van der Waals surface area (Å²) < 4.78 is 17.9. The van der Waals surface area contributed by atoms with Gasteiger partial charge in [0.1, 0.15) is 5.82 Å². The highest BCUT2D eigenvalue weighted by molar-refractivity contribution is 5.72. The fraction of sp³-hybridized carbons (Fsp3) is 0.300. The van der Waals surface area contributed by atoms with Crippen LogP contribution in [0.15, 0.2) is 12.1 Å². The van der Waals surface area contributed by atoms with Crippen LogP contribution in [-0.4, -0.2) is 18.0 Å². The van der Waals surface area contributed by atoms with Crippen molar-refractivity contribution in [2.45, 2.75) is 13.3 Å². The number of benzene rings is 1. The highest BCUT2D eigenvalue weighted by atomic mass is 19.1. The van der Waals surface area contributed by atoms with Gasteiger partial charge in [0.05, 0.1) is 18.5 Å². The maximum Gasteiger partial charge on any atom is 0.310 e. The maximum atomic E-state index is 13.5. The fourth-order valence-corrected chi connectivity index (χ4v) is 1.28. The second-order valence-electron chi connectivity index (χ2n) is 3.25. The average Bonchev–Trinajstić information content (AvgIpc) is 2.23. The molecule has 0 N–H and O–H groups in total. The molecule has 0 aromatic heterocycles. The number of carbonyl (C=O) groups is 1. The van der Waals surface area contributed by atoms with E-state index in [0.29, 0.717) is 0 Å². The number of nitrogens with zero attached hydrogens (tertiary/aromatic N) is 1. The predicted octanol–water partition coefficient (Wildman–Crippen LogP) is 1.76. The van der Waals surface area contributed by atoms with Crippen molar-refractivity contribution in [1.82, 2.24) is 0 Å². The third-order valence-electron chi connectivity index (χ3n) is 2.09. The predicted molar refractivity (Wildman–Crippen MR) is 53.5 cm³/mol. The Kier molecular flexibility index (Phi) is 3.55. The number of esters is 1. The van der Waals surface area contributed by atoms with Crippen LogP contribution in [0.3, 0.4) is 0 Å². The summed E-state index contributed by atoms with van der Waals surface area (Å²) in [6.45, 7) is 1.41. The first-order valence-corrected chi connectivity index (χ1v) is 4.46. The summed E-state index contributed by atoms with van der Waals surface area (Å²) in [6, 6.07) is 2.16. The van der Waals surface area contributed by atoms with E-state index in [1.807, 2.05) is 0 Å². The second-order valence-corrected chi connectivity index (χ2v) is 3.25. The first kappa shape index (κ1) is 12.1. The minimum atomic E-state index is -0.640. The largest absolute Gasteiger partial charge is 0.469 e. The fourth-order valence-electron chi connectivity index (χ4n) is 1.28. The van der Waals surface area contributed by atoms with E-state index in [-0.39, 0.29) is 23.2 Å². The molecule has 16 heavy (non-hydrogen) atoms. The van der Waals surface area contributed by atoms with Crippen LogP contribution in [0.2, 0.25) is 0 Å². The Labute approximate surface area is 91.0 Å². The first-order chi connectivity index (χ1) is 7.45. The van der Waals surface area contributed by atoms with Crippen molar-refractivity contribution in [3.05, 3.63) is 39.2 Å². The van der Waals surface area contributed by atoms with Crippen molar-refractivity contribution in [2.75, 3.05) is 7.11 Å². The van der Waals surface area contributed by atoms with Gasteiger partial charge in [-0.1, -0.05) is 0 Å². The molecule has 0 aliphatic carbocycles. The normalized spacial score (nSPS) is 9.94. The molecule has 0 unspecified atom stereocenters. The van der Waals surface area contributed by atoms with Crippen LogP contribution in [0, 0.1) is 22.9 Å². The van der Waals surface area contributed by atoms with Gasteiger partial charge in [0.25, 0.3) is 5.69 Å². The molecule has 0 fully saturated rings. The number of methoxy groups -OCH3 is 1. The van der Waals surface area contributed by atoms with Crippen LogP contribution in [-0.2, 0) is 16.0 Å². The highest BCUT2D eigenvalue weighted by Gasteiger charge is 2.16. The molecule has 0 heterocycles. The quantitative estimate of drug-likeness (QED) is 0.448. The zero-order valence-electron chi connectivity index (χ0n) is 8.82. The van der Waals surface area contributed by atoms with Crippen molar-refractivity contribution in [1.29, 1.82) is 0 Å². The van der Waals surface area contributed by atoms with Gasteiger partial charge in [-0.15, -0.1) is 0 Å². The molecule has 6 heteroatoms. The van der Waals surface area contributed by atoms with E-state index in [0.717, 1.165) is 12.1 Å². The monoisotopic (exact) mass is 227 g/mol. The standard InChI is InChI=1S/C10H10FNO4/c1-6-3-8(12(14)15)4-7(10(6)11)5-9(13)16-2/h3-4H,5H2,1-2H3. The number of nitro groups is 1. The second kappa shape index (κ2) is 4.69. The Balaban J connectivity index is 3.16. The summed E-state index contributed by atoms with van der Waals surface area (Å²) in [6.07, 6.45) is -0.315. The van der Waals surface area contributed by atoms with Gasteiger partial charge < -0.3 is 4.74 Å². The Morgan fingerprint density at radius 1 is 1.56 bits per heavy atom. The average molecular weight is 227 g/mol. The van der Waals surface area contributed by atoms with Crippen molar-refractivity contribution in [2.24, 2.45) is 0 Å². The van der Waals surface area contributed by atoms with Gasteiger partial charge in [-0.3, -0.25) is 14.9 Å². The zero-order valence-corrected chi connectivity index (χ0v) is 8.82. The van der Waals surface area contributed by atoms with Gasteiger partial charge in [-0.05, 0) is 12.5 Å². The minimum Gasteiger partial charge on any atom is -0.469 e. The van der Waals surface area contributed by atoms with E-state index in [9.17, 15) is 19.3 Å². The molecule has 0 spiro atoms. The molecule has 1 rings (SSSR count). The Morgan fingerprint density at radius 3 is 2.69 bits per heavy atom. The van der Waals surface area contributed by atoms with Crippen molar-refractivity contribution in [3.8, 4) is 0 Å². The number of ether oxygens (including phenoxy) is 1. The molecule has 0 atom stereocenters. The third kappa shape index (κ3) is 2.53. The molecular formula is C10H10FNO4. The molecule has 0 saturated heterocycles. The number of hydrogen-bond acceptors (Lipinski definition) is 4. The van der Waals surface area contributed by atoms with Crippen molar-refractivity contribution >= 4 is 11.7 Å². The van der Waals surface area contributed by atoms with E-state index >= 15 is 0 Å². The Bertz CT molecular complexity index is 445. The van der Waals surface area contributed by atoms with Crippen LogP contribution < -0.4 is 0 Å². The molecule has 0 radical (unpaired) electrons. The van der Waals surface area contributed by atoms with Crippen molar-refractivity contribution < 1.29 is 18.8 Å².